The van der Waals surface area contributed by atoms with Crippen molar-refractivity contribution < 1.29 is 28.8 Å². The minimum atomic E-state index is -1.19. The number of carbonyl (C=O) groups excluding carboxylic acids is 1. The predicted octanol–water partition coefficient (Wildman–Crippen LogP) is 1.88. The molecule has 0 aliphatic heterocycles. The van der Waals surface area contributed by atoms with E-state index in [1.165, 1.54) is 0 Å². The second-order valence-corrected chi connectivity index (χ2v) is 6.02. The maximum atomic E-state index is 11.4. The summed E-state index contributed by atoms with van der Waals surface area (Å²) < 4.78 is 21.5. The summed E-state index contributed by atoms with van der Waals surface area (Å²) in [6, 6.07) is 7.27. The number of rotatable bonds is 11. The molecule has 0 aromatic heterocycles. The van der Waals surface area contributed by atoms with Crippen LogP contribution >= 0.6 is 0 Å². The lowest BCUT2D eigenvalue weighted by Gasteiger charge is -2.15. The quantitative estimate of drug-likeness (QED) is 0.569. The molecule has 0 N–H and O–H groups in total. The molecule has 2 rings (SSSR count). The van der Waals surface area contributed by atoms with Crippen molar-refractivity contribution in [2.75, 3.05) is 46.8 Å². The summed E-state index contributed by atoms with van der Waals surface area (Å²) >= 11 is 0. The molecule has 142 valence electrons. The second-order valence-electron chi connectivity index (χ2n) is 6.02. The maximum Gasteiger partial charge on any atom is 0.127 e. The fraction of sp³-hybridized carbons (Fsp3) is 0.450. The number of fused-ring (bicyclic) bond motifs is 1. The molecule has 0 aliphatic carbocycles. The number of methoxy groups -OCH3 is 1. The smallest absolute Gasteiger partial charge is 0.127 e. The Morgan fingerprint density at radius 2 is 1.42 bits per heavy atom. The van der Waals surface area contributed by atoms with Crippen molar-refractivity contribution in [1.29, 1.82) is 0 Å². The van der Waals surface area contributed by atoms with Gasteiger partial charge in [-0.25, -0.2) is 0 Å². The molecular formula is C20H25O6-. The van der Waals surface area contributed by atoms with E-state index in [-0.39, 0.29) is 5.56 Å². The van der Waals surface area contributed by atoms with Gasteiger partial charge < -0.3 is 28.8 Å². The van der Waals surface area contributed by atoms with Gasteiger partial charge in [0, 0.05) is 18.1 Å². The molecule has 2 aromatic carbocycles. The minimum absolute atomic E-state index is 0.179. The molecule has 0 fully saturated rings. The van der Waals surface area contributed by atoms with Crippen molar-refractivity contribution >= 4 is 16.7 Å². The van der Waals surface area contributed by atoms with Gasteiger partial charge in [0.1, 0.15) is 12.4 Å². The van der Waals surface area contributed by atoms with Crippen molar-refractivity contribution in [3.8, 4) is 5.75 Å². The lowest BCUT2D eigenvalue weighted by Crippen LogP contribution is -2.22. The van der Waals surface area contributed by atoms with Crippen LogP contribution in [0, 0.1) is 13.8 Å². The van der Waals surface area contributed by atoms with E-state index in [1.807, 2.05) is 32.0 Å². The zero-order chi connectivity index (χ0) is 18.9. The van der Waals surface area contributed by atoms with E-state index < -0.39 is 5.97 Å². The van der Waals surface area contributed by atoms with Crippen LogP contribution in [0.1, 0.15) is 21.5 Å². The van der Waals surface area contributed by atoms with Gasteiger partial charge in [-0.3, -0.25) is 0 Å². The van der Waals surface area contributed by atoms with Gasteiger partial charge in [-0.15, -0.1) is 0 Å². The van der Waals surface area contributed by atoms with Gasteiger partial charge in [-0.2, -0.15) is 0 Å². The van der Waals surface area contributed by atoms with E-state index in [9.17, 15) is 9.90 Å². The molecular weight excluding hydrogens is 336 g/mol. The zero-order valence-electron chi connectivity index (χ0n) is 15.5. The molecule has 6 nitrogen and oxygen atoms in total. The second kappa shape index (κ2) is 10.1. The van der Waals surface area contributed by atoms with Crippen LogP contribution in [0.25, 0.3) is 10.8 Å². The molecule has 0 unspecified atom stereocenters. The molecule has 2 aromatic rings. The van der Waals surface area contributed by atoms with Crippen molar-refractivity contribution in [3.63, 3.8) is 0 Å². The van der Waals surface area contributed by atoms with E-state index >= 15 is 0 Å². The first-order valence-corrected chi connectivity index (χ1v) is 8.56. The van der Waals surface area contributed by atoms with Gasteiger partial charge in [0.25, 0.3) is 0 Å². The average Bonchev–Trinajstić information content (AvgIpc) is 2.60. The minimum Gasteiger partial charge on any atom is -0.545 e. The monoisotopic (exact) mass is 361 g/mol. The van der Waals surface area contributed by atoms with Gasteiger partial charge in [-0.05, 0) is 48.6 Å². The van der Waals surface area contributed by atoms with Gasteiger partial charge in [0.2, 0.25) is 0 Å². The Balaban J connectivity index is 1.96. The number of aryl methyl sites for hydroxylation is 2. The van der Waals surface area contributed by atoms with Crippen molar-refractivity contribution in [2.24, 2.45) is 0 Å². The van der Waals surface area contributed by atoms with Crippen molar-refractivity contribution in [1.82, 2.24) is 0 Å². The summed E-state index contributed by atoms with van der Waals surface area (Å²) in [5.74, 6) is -0.543. The first kappa shape index (κ1) is 20.2. The summed E-state index contributed by atoms with van der Waals surface area (Å²) in [5, 5.41) is 12.8. The van der Waals surface area contributed by atoms with Gasteiger partial charge in [0.05, 0.1) is 39.0 Å². The Kier molecular flexibility index (Phi) is 7.84. The molecule has 0 saturated carbocycles. The molecule has 6 heteroatoms. The van der Waals surface area contributed by atoms with Gasteiger partial charge >= 0.3 is 0 Å². The van der Waals surface area contributed by atoms with Gasteiger partial charge in [-0.1, -0.05) is 6.07 Å². The van der Waals surface area contributed by atoms with Crippen molar-refractivity contribution in [2.45, 2.75) is 13.8 Å². The number of benzene rings is 2. The number of carbonyl (C=O) groups is 1. The summed E-state index contributed by atoms with van der Waals surface area (Å²) in [6.07, 6.45) is 0. The van der Waals surface area contributed by atoms with Crippen LogP contribution in [0.3, 0.4) is 0 Å². The highest BCUT2D eigenvalue weighted by atomic mass is 16.6. The summed E-state index contributed by atoms with van der Waals surface area (Å²) in [6.45, 7) is 6.64. The number of aromatic carboxylic acids is 1. The lowest BCUT2D eigenvalue weighted by molar-refractivity contribution is -0.254. The molecule has 0 aliphatic rings. The Labute approximate surface area is 153 Å². The van der Waals surface area contributed by atoms with Crippen LogP contribution in [0.5, 0.6) is 5.75 Å². The Hall–Kier alpha value is -2.15. The standard InChI is InChI=1S/C20H26O6/c1-14-11-17-16(18(12-14)20(21)22)10-15(2)13-19(17)26-9-8-25-7-6-24-5-4-23-3/h10-13H,4-9H2,1-3H3,(H,21,22)/p-1. The number of ether oxygens (including phenoxy) is 4. The highest BCUT2D eigenvalue weighted by molar-refractivity contribution is 6.05. The summed E-state index contributed by atoms with van der Waals surface area (Å²) in [5.41, 5.74) is 1.94. The van der Waals surface area contributed by atoms with Crippen LogP contribution in [0.2, 0.25) is 0 Å². The van der Waals surface area contributed by atoms with Crippen LogP contribution in [0.4, 0.5) is 0 Å². The number of carboxylic acids is 1. The third-order valence-electron chi connectivity index (χ3n) is 3.83. The highest BCUT2D eigenvalue weighted by Crippen LogP contribution is 2.31. The molecule has 0 bridgehead atoms. The molecule has 26 heavy (non-hydrogen) atoms. The molecule has 0 atom stereocenters. The van der Waals surface area contributed by atoms with E-state index in [2.05, 4.69) is 0 Å². The zero-order valence-corrected chi connectivity index (χ0v) is 15.5. The third kappa shape index (κ3) is 5.69. The van der Waals surface area contributed by atoms with Crippen LogP contribution in [-0.2, 0) is 14.2 Å². The fourth-order valence-corrected chi connectivity index (χ4v) is 2.67. The number of hydrogen-bond acceptors (Lipinski definition) is 6. The fourth-order valence-electron chi connectivity index (χ4n) is 2.67. The number of hydrogen-bond donors (Lipinski definition) is 0. The summed E-state index contributed by atoms with van der Waals surface area (Å²) in [7, 11) is 1.63. The molecule has 0 saturated heterocycles. The first-order valence-electron chi connectivity index (χ1n) is 8.56. The van der Waals surface area contributed by atoms with Crippen LogP contribution in [-0.4, -0.2) is 52.7 Å². The predicted molar refractivity (Wildman–Crippen MR) is 96.8 cm³/mol. The van der Waals surface area contributed by atoms with E-state index in [1.54, 1.807) is 13.2 Å². The lowest BCUT2D eigenvalue weighted by atomic mass is 9.99. The Bertz CT molecular complexity index is 741. The van der Waals surface area contributed by atoms with Crippen LogP contribution < -0.4 is 9.84 Å². The third-order valence-corrected chi connectivity index (χ3v) is 3.83. The SMILES string of the molecule is COCCOCCOCCOc1cc(C)cc2c(C(=O)[O-])cc(C)cc12. The maximum absolute atomic E-state index is 11.4. The largest absolute Gasteiger partial charge is 0.545 e. The molecule has 0 amide bonds. The van der Waals surface area contributed by atoms with Gasteiger partial charge in [0.15, 0.2) is 0 Å². The average molecular weight is 361 g/mol. The highest BCUT2D eigenvalue weighted by Gasteiger charge is 2.10. The molecule has 0 spiro atoms. The summed E-state index contributed by atoms with van der Waals surface area (Å²) in [4.78, 5) is 11.4. The Morgan fingerprint density at radius 3 is 2.08 bits per heavy atom. The molecule has 0 heterocycles. The van der Waals surface area contributed by atoms with Crippen molar-refractivity contribution in [3.05, 3.63) is 41.0 Å². The van der Waals surface area contributed by atoms with Crippen LogP contribution in [0.15, 0.2) is 24.3 Å². The van der Waals surface area contributed by atoms with E-state index in [0.717, 1.165) is 16.5 Å². The molecule has 0 radical (unpaired) electrons. The first-order chi connectivity index (χ1) is 12.5. The van der Waals surface area contributed by atoms with E-state index in [4.69, 9.17) is 18.9 Å². The Morgan fingerprint density at radius 1 is 0.846 bits per heavy atom. The topological polar surface area (TPSA) is 77.0 Å². The normalized spacial score (nSPS) is 11.0. The van der Waals surface area contributed by atoms with E-state index in [0.29, 0.717) is 50.8 Å². The number of carboxylic acid groups (broad SMARTS) is 1.